The Kier molecular flexibility index (Phi) is 12.2. The Balaban J connectivity index is 3.11. The molecule has 0 aliphatic carbocycles. The van der Waals surface area contributed by atoms with Crippen LogP contribution in [0.25, 0.3) is 0 Å². The topological polar surface area (TPSA) is 26.3 Å². The smallest absolute Gasteiger partial charge is 0.305 e. The highest BCUT2D eigenvalue weighted by atomic mass is 16.5. The van der Waals surface area contributed by atoms with E-state index in [1.165, 1.54) is 39.2 Å². The molecule has 0 aromatic carbocycles. The van der Waals surface area contributed by atoms with Crippen molar-refractivity contribution in [3.8, 4) is 0 Å². The molecule has 0 spiro atoms. The van der Waals surface area contributed by atoms with E-state index in [0.717, 1.165) is 12.8 Å². The largest absolute Gasteiger partial charge is 0.469 e. The third kappa shape index (κ3) is 12.9. The molecule has 17 heavy (non-hydrogen) atoms. The highest BCUT2D eigenvalue weighted by Gasteiger charge is 1.98. The molecule has 0 aliphatic rings. The average Bonchev–Trinajstić information content (AvgIpc) is 2.35. The van der Waals surface area contributed by atoms with Crippen LogP contribution in [-0.2, 0) is 9.53 Å². The highest BCUT2D eigenvalue weighted by molar-refractivity contribution is 5.68. The number of carbonyl (C=O) groups excluding carboxylic acids is 1. The molecule has 0 unspecified atom stereocenters. The van der Waals surface area contributed by atoms with Crippen LogP contribution in [0.5, 0.6) is 0 Å². The van der Waals surface area contributed by atoms with Crippen LogP contribution in [0.3, 0.4) is 0 Å². The van der Waals surface area contributed by atoms with Crippen molar-refractivity contribution in [1.82, 2.24) is 0 Å². The number of carbonyl (C=O) groups is 1. The molecule has 0 atom stereocenters. The van der Waals surface area contributed by atoms with Crippen LogP contribution in [0.4, 0.5) is 0 Å². The number of ether oxygens (including phenoxy) is 1. The number of allylic oxidation sites excluding steroid dienone is 4. The predicted molar refractivity (Wildman–Crippen MR) is 72.9 cm³/mol. The number of unbranched alkanes of at least 4 members (excludes halogenated alkanes) is 6. The molecule has 2 nitrogen and oxygen atoms in total. The molecule has 98 valence electrons. The minimum absolute atomic E-state index is 0.0842. The molecule has 2 heteroatoms. The van der Waals surface area contributed by atoms with Crippen LogP contribution in [-0.4, -0.2) is 13.1 Å². The standard InChI is InChI=1S/C15H26O2/c1-3-4-5-6-7-8-9-10-11-12-13-14-15(16)17-2/h3-6H,7-14H2,1-2H3/b4-3-,6-5+. The van der Waals surface area contributed by atoms with E-state index in [9.17, 15) is 4.79 Å². The fourth-order valence-corrected chi connectivity index (χ4v) is 1.63. The van der Waals surface area contributed by atoms with Gasteiger partial charge in [-0.1, -0.05) is 50.0 Å². The van der Waals surface area contributed by atoms with Gasteiger partial charge in [0.05, 0.1) is 7.11 Å². The molecule has 0 bridgehead atoms. The molecular weight excluding hydrogens is 212 g/mol. The van der Waals surface area contributed by atoms with Gasteiger partial charge in [-0.25, -0.2) is 0 Å². The molecule has 0 saturated carbocycles. The van der Waals surface area contributed by atoms with Gasteiger partial charge >= 0.3 is 5.97 Å². The molecule has 0 aromatic heterocycles. The summed E-state index contributed by atoms with van der Waals surface area (Å²) in [5.74, 6) is -0.0842. The van der Waals surface area contributed by atoms with Crippen molar-refractivity contribution in [3.63, 3.8) is 0 Å². The van der Waals surface area contributed by atoms with Crippen LogP contribution in [0.2, 0.25) is 0 Å². The molecule has 0 aliphatic heterocycles. The van der Waals surface area contributed by atoms with E-state index < -0.39 is 0 Å². The van der Waals surface area contributed by atoms with Gasteiger partial charge in [0.25, 0.3) is 0 Å². The van der Waals surface area contributed by atoms with Crippen molar-refractivity contribution in [2.75, 3.05) is 7.11 Å². The van der Waals surface area contributed by atoms with Crippen molar-refractivity contribution >= 4 is 5.97 Å². The van der Waals surface area contributed by atoms with Gasteiger partial charge in [0.2, 0.25) is 0 Å². The Morgan fingerprint density at radius 2 is 1.65 bits per heavy atom. The Morgan fingerprint density at radius 3 is 2.29 bits per heavy atom. The van der Waals surface area contributed by atoms with Crippen LogP contribution in [0.15, 0.2) is 24.3 Å². The quantitative estimate of drug-likeness (QED) is 0.320. The maximum Gasteiger partial charge on any atom is 0.305 e. The van der Waals surface area contributed by atoms with Crippen molar-refractivity contribution in [1.29, 1.82) is 0 Å². The molecule has 0 heterocycles. The van der Waals surface area contributed by atoms with E-state index in [0.29, 0.717) is 6.42 Å². The first-order chi connectivity index (χ1) is 8.31. The molecule has 0 radical (unpaired) electrons. The monoisotopic (exact) mass is 238 g/mol. The van der Waals surface area contributed by atoms with E-state index >= 15 is 0 Å². The summed E-state index contributed by atoms with van der Waals surface area (Å²) in [4.78, 5) is 10.8. The molecule has 0 amide bonds. The first-order valence-corrected chi connectivity index (χ1v) is 6.66. The van der Waals surface area contributed by atoms with Gasteiger partial charge in [-0.05, 0) is 26.2 Å². The maximum absolute atomic E-state index is 10.8. The van der Waals surface area contributed by atoms with Gasteiger partial charge in [-0.15, -0.1) is 0 Å². The van der Waals surface area contributed by atoms with E-state index in [2.05, 4.69) is 23.0 Å². The number of hydrogen-bond donors (Lipinski definition) is 0. The summed E-state index contributed by atoms with van der Waals surface area (Å²) < 4.78 is 4.59. The predicted octanol–water partition coefficient (Wildman–Crippen LogP) is 4.41. The fraction of sp³-hybridized carbons (Fsp3) is 0.667. The highest BCUT2D eigenvalue weighted by Crippen LogP contribution is 2.09. The summed E-state index contributed by atoms with van der Waals surface area (Å²) in [7, 11) is 1.45. The third-order valence-electron chi connectivity index (χ3n) is 2.67. The first-order valence-electron chi connectivity index (χ1n) is 6.66. The second-order valence-electron chi connectivity index (χ2n) is 4.19. The van der Waals surface area contributed by atoms with Crippen LogP contribution in [0, 0.1) is 0 Å². The lowest BCUT2D eigenvalue weighted by molar-refractivity contribution is -0.140. The normalized spacial score (nSPS) is 11.4. The average molecular weight is 238 g/mol. The third-order valence-corrected chi connectivity index (χ3v) is 2.67. The zero-order chi connectivity index (χ0) is 12.8. The Morgan fingerprint density at radius 1 is 1.00 bits per heavy atom. The molecular formula is C15H26O2. The molecule has 0 fully saturated rings. The number of esters is 1. The molecule has 0 rings (SSSR count). The van der Waals surface area contributed by atoms with Gasteiger partial charge in [-0.2, -0.15) is 0 Å². The zero-order valence-electron chi connectivity index (χ0n) is 11.3. The van der Waals surface area contributed by atoms with E-state index in [4.69, 9.17) is 0 Å². The molecule has 0 saturated heterocycles. The number of rotatable bonds is 10. The second kappa shape index (κ2) is 13.0. The van der Waals surface area contributed by atoms with Gasteiger partial charge in [0, 0.05) is 6.42 Å². The minimum atomic E-state index is -0.0842. The van der Waals surface area contributed by atoms with E-state index in [1.807, 2.05) is 13.0 Å². The van der Waals surface area contributed by atoms with E-state index in [1.54, 1.807) is 0 Å². The summed E-state index contributed by atoms with van der Waals surface area (Å²) >= 11 is 0. The van der Waals surface area contributed by atoms with Gasteiger partial charge in [-0.3, -0.25) is 4.79 Å². The summed E-state index contributed by atoms with van der Waals surface area (Å²) in [6, 6.07) is 0. The number of methoxy groups -OCH3 is 1. The Bertz CT molecular complexity index is 229. The van der Waals surface area contributed by atoms with Crippen LogP contribution < -0.4 is 0 Å². The summed E-state index contributed by atoms with van der Waals surface area (Å²) in [5.41, 5.74) is 0. The van der Waals surface area contributed by atoms with Crippen molar-refractivity contribution in [3.05, 3.63) is 24.3 Å². The fourth-order valence-electron chi connectivity index (χ4n) is 1.63. The minimum Gasteiger partial charge on any atom is -0.469 e. The summed E-state index contributed by atoms with van der Waals surface area (Å²) in [6.45, 7) is 2.03. The van der Waals surface area contributed by atoms with Crippen LogP contribution in [0.1, 0.15) is 58.3 Å². The maximum atomic E-state index is 10.8. The Labute approximate surface area is 106 Å². The SMILES string of the molecule is C/C=C\C=C\CCCCCCCCC(=O)OC. The van der Waals surface area contributed by atoms with Gasteiger partial charge < -0.3 is 4.74 Å². The van der Waals surface area contributed by atoms with Crippen LogP contribution >= 0.6 is 0 Å². The number of hydrogen-bond acceptors (Lipinski definition) is 2. The summed E-state index contributed by atoms with van der Waals surface area (Å²) in [6.07, 6.45) is 17.3. The molecule has 0 N–H and O–H groups in total. The van der Waals surface area contributed by atoms with Crippen molar-refractivity contribution < 1.29 is 9.53 Å². The molecule has 0 aromatic rings. The Hall–Kier alpha value is -1.05. The van der Waals surface area contributed by atoms with Gasteiger partial charge in [0.15, 0.2) is 0 Å². The van der Waals surface area contributed by atoms with Crippen molar-refractivity contribution in [2.45, 2.75) is 58.3 Å². The van der Waals surface area contributed by atoms with Crippen molar-refractivity contribution in [2.24, 2.45) is 0 Å². The zero-order valence-corrected chi connectivity index (χ0v) is 11.3. The first kappa shape index (κ1) is 16.0. The van der Waals surface area contributed by atoms with E-state index in [-0.39, 0.29) is 5.97 Å². The summed E-state index contributed by atoms with van der Waals surface area (Å²) in [5, 5.41) is 0. The van der Waals surface area contributed by atoms with Gasteiger partial charge in [0.1, 0.15) is 0 Å². The lowest BCUT2D eigenvalue weighted by Crippen LogP contribution is -1.99. The lowest BCUT2D eigenvalue weighted by Gasteiger charge is -2.00. The lowest BCUT2D eigenvalue weighted by atomic mass is 10.1. The second-order valence-corrected chi connectivity index (χ2v) is 4.19.